The SMILES string of the molecule is CCOc1ccccc1C(N)CC(=O)NC. The Hall–Kier alpha value is -1.55. The maximum Gasteiger partial charge on any atom is 0.221 e. The molecule has 0 heterocycles. The average molecular weight is 222 g/mol. The fourth-order valence-corrected chi connectivity index (χ4v) is 1.49. The number of nitrogens with two attached hydrogens (primary N) is 1. The second-order valence-electron chi connectivity index (χ2n) is 3.45. The Labute approximate surface area is 95.8 Å². The zero-order chi connectivity index (χ0) is 12.0. The van der Waals surface area contributed by atoms with E-state index in [1.54, 1.807) is 7.05 Å². The number of ether oxygens (including phenoxy) is 1. The van der Waals surface area contributed by atoms with Gasteiger partial charge < -0.3 is 15.8 Å². The smallest absolute Gasteiger partial charge is 0.221 e. The van der Waals surface area contributed by atoms with E-state index in [0.717, 1.165) is 11.3 Å². The van der Waals surface area contributed by atoms with Crippen molar-refractivity contribution in [2.75, 3.05) is 13.7 Å². The topological polar surface area (TPSA) is 64.3 Å². The van der Waals surface area contributed by atoms with Crippen LogP contribution in [0.5, 0.6) is 5.75 Å². The van der Waals surface area contributed by atoms with E-state index in [1.807, 2.05) is 31.2 Å². The molecule has 1 atom stereocenters. The lowest BCUT2D eigenvalue weighted by Crippen LogP contribution is -2.24. The van der Waals surface area contributed by atoms with E-state index in [4.69, 9.17) is 10.5 Å². The minimum atomic E-state index is -0.331. The van der Waals surface area contributed by atoms with E-state index in [1.165, 1.54) is 0 Å². The quantitative estimate of drug-likeness (QED) is 0.787. The Morgan fingerprint density at radius 1 is 1.50 bits per heavy atom. The van der Waals surface area contributed by atoms with Crippen molar-refractivity contribution in [1.29, 1.82) is 0 Å². The average Bonchev–Trinajstić information content (AvgIpc) is 2.30. The van der Waals surface area contributed by atoms with Crippen LogP contribution in [0.2, 0.25) is 0 Å². The summed E-state index contributed by atoms with van der Waals surface area (Å²) >= 11 is 0. The van der Waals surface area contributed by atoms with Crippen molar-refractivity contribution in [3.8, 4) is 5.75 Å². The van der Waals surface area contributed by atoms with Gasteiger partial charge in [-0.3, -0.25) is 4.79 Å². The molecule has 0 radical (unpaired) electrons. The van der Waals surface area contributed by atoms with Gasteiger partial charge >= 0.3 is 0 Å². The van der Waals surface area contributed by atoms with Gasteiger partial charge in [0.1, 0.15) is 5.75 Å². The first-order valence-corrected chi connectivity index (χ1v) is 5.37. The highest BCUT2D eigenvalue weighted by molar-refractivity contribution is 5.76. The molecule has 88 valence electrons. The van der Waals surface area contributed by atoms with Crippen LogP contribution in [-0.2, 0) is 4.79 Å². The van der Waals surface area contributed by atoms with Crippen molar-refractivity contribution in [1.82, 2.24) is 5.32 Å². The van der Waals surface area contributed by atoms with Gasteiger partial charge in [-0.25, -0.2) is 0 Å². The van der Waals surface area contributed by atoms with Gasteiger partial charge in [0.25, 0.3) is 0 Å². The van der Waals surface area contributed by atoms with Crippen LogP contribution in [0.4, 0.5) is 0 Å². The van der Waals surface area contributed by atoms with E-state index in [2.05, 4.69) is 5.32 Å². The lowest BCUT2D eigenvalue weighted by atomic mass is 10.0. The Bertz CT molecular complexity index is 353. The molecule has 1 unspecified atom stereocenters. The number of amides is 1. The molecular weight excluding hydrogens is 204 g/mol. The summed E-state index contributed by atoms with van der Waals surface area (Å²) in [5.41, 5.74) is 6.83. The van der Waals surface area contributed by atoms with Gasteiger partial charge in [0.2, 0.25) is 5.91 Å². The Kier molecular flexibility index (Phi) is 4.79. The van der Waals surface area contributed by atoms with Crippen molar-refractivity contribution in [3.05, 3.63) is 29.8 Å². The monoisotopic (exact) mass is 222 g/mol. The predicted molar refractivity (Wildman–Crippen MR) is 63.2 cm³/mol. The third-order valence-electron chi connectivity index (χ3n) is 2.30. The van der Waals surface area contributed by atoms with E-state index in [-0.39, 0.29) is 18.4 Å². The van der Waals surface area contributed by atoms with Crippen LogP contribution in [0.15, 0.2) is 24.3 Å². The number of carbonyl (C=O) groups is 1. The number of carbonyl (C=O) groups excluding carboxylic acids is 1. The van der Waals surface area contributed by atoms with Crippen molar-refractivity contribution in [2.45, 2.75) is 19.4 Å². The number of hydrogen-bond acceptors (Lipinski definition) is 3. The zero-order valence-electron chi connectivity index (χ0n) is 9.69. The molecule has 0 bridgehead atoms. The molecule has 4 heteroatoms. The molecule has 1 aromatic rings. The summed E-state index contributed by atoms with van der Waals surface area (Å²) < 4.78 is 5.46. The van der Waals surface area contributed by atoms with Gasteiger partial charge in [-0.15, -0.1) is 0 Å². The first-order valence-electron chi connectivity index (χ1n) is 5.37. The molecule has 1 aromatic carbocycles. The number of hydrogen-bond donors (Lipinski definition) is 2. The van der Waals surface area contributed by atoms with Gasteiger partial charge in [-0.05, 0) is 13.0 Å². The maximum absolute atomic E-state index is 11.2. The maximum atomic E-state index is 11.2. The molecule has 0 fully saturated rings. The number of rotatable bonds is 5. The van der Waals surface area contributed by atoms with Crippen molar-refractivity contribution < 1.29 is 9.53 Å². The van der Waals surface area contributed by atoms with Gasteiger partial charge in [0.05, 0.1) is 6.61 Å². The van der Waals surface area contributed by atoms with Gasteiger partial charge in [-0.1, -0.05) is 18.2 Å². The Balaban J connectivity index is 2.81. The molecule has 1 rings (SSSR count). The minimum absolute atomic E-state index is 0.0706. The second-order valence-corrected chi connectivity index (χ2v) is 3.45. The molecule has 0 saturated heterocycles. The molecule has 0 aliphatic carbocycles. The molecule has 3 N–H and O–H groups in total. The molecule has 0 spiro atoms. The predicted octanol–water partition coefficient (Wildman–Crippen LogP) is 1.22. The van der Waals surface area contributed by atoms with Crippen LogP contribution in [-0.4, -0.2) is 19.6 Å². The zero-order valence-corrected chi connectivity index (χ0v) is 9.69. The van der Waals surface area contributed by atoms with Crippen molar-refractivity contribution in [3.63, 3.8) is 0 Å². The lowest BCUT2D eigenvalue weighted by molar-refractivity contribution is -0.120. The summed E-state index contributed by atoms with van der Waals surface area (Å²) in [7, 11) is 1.60. The number of nitrogens with one attached hydrogen (secondary N) is 1. The van der Waals surface area contributed by atoms with Crippen molar-refractivity contribution >= 4 is 5.91 Å². The van der Waals surface area contributed by atoms with Gasteiger partial charge in [0, 0.05) is 25.1 Å². The third-order valence-corrected chi connectivity index (χ3v) is 2.30. The van der Waals surface area contributed by atoms with Crippen LogP contribution in [0.3, 0.4) is 0 Å². The molecular formula is C12H18N2O2. The van der Waals surface area contributed by atoms with Crippen LogP contribution in [0.1, 0.15) is 24.9 Å². The molecule has 4 nitrogen and oxygen atoms in total. The van der Waals surface area contributed by atoms with Crippen LogP contribution in [0, 0.1) is 0 Å². The molecule has 0 aromatic heterocycles. The van der Waals surface area contributed by atoms with Crippen molar-refractivity contribution in [2.24, 2.45) is 5.73 Å². The highest BCUT2D eigenvalue weighted by Crippen LogP contribution is 2.25. The summed E-state index contributed by atoms with van der Waals surface area (Å²) in [4.78, 5) is 11.2. The summed E-state index contributed by atoms with van der Waals surface area (Å²) in [6, 6.07) is 7.20. The Morgan fingerprint density at radius 3 is 2.81 bits per heavy atom. The Morgan fingerprint density at radius 2 is 2.19 bits per heavy atom. The molecule has 0 saturated carbocycles. The standard InChI is InChI=1S/C12H18N2O2/c1-3-16-11-7-5-4-6-9(11)10(13)8-12(15)14-2/h4-7,10H,3,8,13H2,1-2H3,(H,14,15). The van der Waals surface area contributed by atoms with E-state index >= 15 is 0 Å². The molecule has 0 aliphatic heterocycles. The molecule has 0 aliphatic rings. The fraction of sp³-hybridized carbons (Fsp3) is 0.417. The van der Waals surface area contributed by atoms with Gasteiger partial charge in [0.15, 0.2) is 0 Å². The number of para-hydroxylation sites is 1. The summed E-state index contributed by atoms with van der Waals surface area (Å²) in [6.07, 6.45) is 0.264. The number of benzene rings is 1. The van der Waals surface area contributed by atoms with Crippen LogP contribution < -0.4 is 15.8 Å². The van der Waals surface area contributed by atoms with Crippen LogP contribution in [0.25, 0.3) is 0 Å². The summed E-state index contributed by atoms with van der Waals surface area (Å²) in [5, 5.41) is 2.56. The lowest BCUT2D eigenvalue weighted by Gasteiger charge is -2.15. The second kappa shape index (κ2) is 6.12. The summed E-state index contributed by atoms with van der Waals surface area (Å²) in [5.74, 6) is 0.681. The highest BCUT2D eigenvalue weighted by atomic mass is 16.5. The molecule has 1 amide bonds. The normalized spacial score (nSPS) is 11.9. The highest BCUT2D eigenvalue weighted by Gasteiger charge is 2.14. The van der Waals surface area contributed by atoms with Crippen LogP contribution >= 0.6 is 0 Å². The first kappa shape index (κ1) is 12.5. The van der Waals surface area contributed by atoms with Gasteiger partial charge in [-0.2, -0.15) is 0 Å². The van der Waals surface area contributed by atoms with E-state index in [9.17, 15) is 4.79 Å². The molecule has 16 heavy (non-hydrogen) atoms. The third kappa shape index (κ3) is 3.24. The van der Waals surface area contributed by atoms with E-state index in [0.29, 0.717) is 6.61 Å². The van der Waals surface area contributed by atoms with E-state index < -0.39 is 0 Å². The largest absolute Gasteiger partial charge is 0.494 e. The minimum Gasteiger partial charge on any atom is -0.494 e. The summed E-state index contributed by atoms with van der Waals surface area (Å²) in [6.45, 7) is 2.50. The fourth-order valence-electron chi connectivity index (χ4n) is 1.49. The first-order chi connectivity index (χ1) is 7.69.